The highest BCUT2D eigenvalue weighted by molar-refractivity contribution is 6.31. The van der Waals surface area contributed by atoms with Crippen LogP contribution in [0.2, 0.25) is 5.02 Å². The zero-order chi connectivity index (χ0) is 34.2. The SMILES string of the molecule is [2H]c1c([2H])c([2H])c(C([2H])([2H])[C@H](C(=O)Cc2ccc(C(=O)O)cc2)n2cc(OC)c(-c3cc(Cl)ccc3C(C)=O)cc2=O)c([2H])c1[2H]. The zero-order valence-corrected chi connectivity index (χ0v) is 21.6. The third kappa shape index (κ3) is 6.33. The molecule has 4 aromatic rings. The van der Waals surface area contributed by atoms with Crippen LogP contribution in [0.25, 0.3) is 11.1 Å². The van der Waals surface area contributed by atoms with Gasteiger partial charge in [-0.3, -0.25) is 14.4 Å². The maximum atomic E-state index is 14.0. The number of carboxylic acid groups (broad SMARTS) is 1. The maximum absolute atomic E-state index is 14.0. The second kappa shape index (κ2) is 11.9. The van der Waals surface area contributed by atoms with Crippen LogP contribution in [0.3, 0.4) is 0 Å². The molecule has 4 rings (SSSR count). The van der Waals surface area contributed by atoms with Crippen molar-refractivity contribution in [2.45, 2.75) is 25.8 Å². The number of benzene rings is 3. The Morgan fingerprint density at radius 3 is 2.33 bits per heavy atom. The molecule has 1 atom stereocenters. The van der Waals surface area contributed by atoms with Crippen LogP contribution in [0.1, 0.15) is 54.4 Å². The Morgan fingerprint density at radius 2 is 1.72 bits per heavy atom. The van der Waals surface area contributed by atoms with Crippen LogP contribution >= 0.6 is 11.6 Å². The molecular weight excluding hydrogens is 518 g/mol. The Bertz CT molecular complexity index is 1930. The largest absolute Gasteiger partial charge is 0.495 e. The summed E-state index contributed by atoms with van der Waals surface area (Å²) in [5.41, 5.74) is -1.05. The van der Waals surface area contributed by atoms with E-state index in [0.29, 0.717) is 0 Å². The van der Waals surface area contributed by atoms with E-state index in [4.69, 9.17) is 25.9 Å². The van der Waals surface area contributed by atoms with E-state index in [1.165, 1.54) is 56.5 Å². The maximum Gasteiger partial charge on any atom is 0.335 e. The molecule has 8 heteroatoms. The average molecular weight is 551 g/mol. The zero-order valence-electron chi connectivity index (χ0n) is 27.8. The van der Waals surface area contributed by atoms with Gasteiger partial charge in [-0.1, -0.05) is 53.9 Å². The summed E-state index contributed by atoms with van der Waals surface area (Å²) in [5.74, 6) is -2.56. The third-order valence-electron chi connectivity index (χ3n) is 5.86. The molecule has 0 spiro atoms. The number of Topliss-reactive ketones (excluding diaryl/α,β-unsaturated/α-hetero) is 2. The first kappa shape index (κ1) is 19.6. The molecule has 0 saturated heterocycles. The van der Waals surface area contributed by atoms with Crippen molar-refractivity contribution in [3.63, 3.8) is 0 Å². The lowest BCUT2D eigenvalue weighted by Crippen LogP contribution is -2.32. The van der Waals surface area contributed by atoms with Gasteiger partial charge in [0.05, 0.1) is 31.8 Å². The number of aromatic carboxylic acids is 1. The van der Waals surface area contributed by atoms with E-state index < -0.39 is 71.9 Å². The van der Waals surface area contributed by atoms with Crippen LogP contribution in [0.15, 0.2) is 89.7 Å². The molecule has 3 aromatic carbocycles. The van der Waals surface area contributed by atoms with E-state index in [0.717, 1.165) is 16.8 Å². The Labute approximate surface area is 240 Å². The van der Waals surface area contributed by atoms with Gasteiger partial charge in [0, 0.05) is 37.8 Å². The fourth-order valence-electron chi connectivity index (χ4n) is 3.98. The van der Waals surface area contributed by atoms with E-state index in [1.54, 1.807) is 0 Å². The Kier molecular flexibility index (Phi) is 5.98. The van der Waals surface area contributed by atoms with Crippen molar-refractivity contribution in [3.05, 3.63) is 123 Å². The summed E-state index contributed by atoms with van der Waals surface area (Å²) >= 11 is 6.19. The smallest absolute Gasteiger partial charge is 0.335 e. The molecule has 0 aliphatic rings. The number of ether oxygens (including phenoxy) is 1. The molecule has 1 N–H and O–H groups in total. The van der Waals surface area contributed by atoms with Crippen molar-refractivity contribution in [3.8, 4) is 16.9 Å². The molecule has 0 amide bonds. The summed E-state index contributed by atoms with van der Waals surface area (Å²) in [7, 11) is 1.25. The van der Waals surface area contributed by atoms with Crippen molar-refractivity contribution < 1.29 is 33.8 Å². The second-order valence-electron chi connectivity index (χ2n) is 8.44. The third-order valence-corrected chi connectivity index (χ3v) is 6.09. The molecular formula is C31H26ClNO6. The number of aromatic nitrogens is 1. The molecule has 0 aliphatic heterocycles. The number of methoxy groups -OCH3 is 1. The minimum absolute atomic E-state index is 0.0650. The molecule has 0 aliphatic carbocycles. The lowest BCUT2D eigenvalue weighted by Gasteiger charge is -2.21. The van der Waals surface area contributed by atoms with Gasteiger partial charge < -0.3 is 14.4 Å². The summed E-state index contributed by atoms with van der Waals surface area (Å²) < 4.78 is 65.3. The number of nitrogens with zero attached hydrogens (tertiary/aromatic N) is 1. The standard InChI is InChI=1S/C31H26ClNO6/c1-19(34)24-13-12-23(32)16-25(24)26-17-30(36)33(18-29(26)39-2)27(14-20-6-4-3-5-7-20)28(35)15-21-8-10-22(11-9-21)31(37)38/h3-13,16-18,27H,14-15H2,1-2H3,(H,37,38)/t27-/m1/s1/i3D,4D,5D,6D,7D,14D2. The highest BCUT2D eigenvalue weighted by Gasteiger charge is 2.25. The van der Waals surface area contributed by atoms with Gasteiger partial charge in [-0.25, -0.2) is 4.79 Å². The minimum atomic E-state index is -3.08. The number of hydrogen-bond donors (Lipinski definition) is 1. The number of halogens is 1. The topological polar surface area (TPSA) is 103 Å². The van der Waals surface area contributed by atoms with Crippen molar-refractivity contribution in [2.24, 2.45) is 0 Å². The second-order valence-corrected chi connectivity index (χ2v) is 8.88. The molecule has 0 bridgehead atoms. The summed E-state index contributed by atoms with van der Waals surface area (Å²) in [5, 5.41) is 9.46. The van der Waals surface area contributed by atoms with Gasteiger partial charge in [-0.15, -0.1) is 0 Å². The van der Waals surface area contributed by atoms with Gasteiger partial charge >= 0.3 is 5.97 Å². The number of pyridine rings is 1. The molecule has 0 saturated carbocycles. The van der Waals surface area contributed by atoms with Crippen LogP contribution < -0.4 is 10.3 Å². The summed E-state index contributed by atoms with van der Waals surface area (Å²) in [4.78, 5) is 51.5. The first-order valence-electron chi connectivity index (χ1n) is 15.0. The first-order valence-corrected chi connectivity index (χ1v) is 11.9. The first-order chi connectivity index (χ1) is 21.5. The highest BCUT2D eigenvalue weighted by Crippen LogP contribution is 2.34. The molecule has 0 fully saturated rings. The number of carboxylic acids is 1. The molecule has 1 aromatic heterocycles. The van der Waals surface area contributed by atoms with Gasteiger partial charge in [0.1, 0.15) is 5.75 Å². The minimum Gasteiger partial charge on any atom is -0.495 e. The van der Waals surface area contributed by atoms with Gasteiger partial charge in [-0.05, 0) is 53.9 Å². The lowest BCUT2D eigenvalue weighted by molar-refractivity contribution is -0.121. The summed E-state index contributed by atoms with van der Waals surface area (Å²) in [6, 6.07) is 4.21. The van der Waals surface area contributed by atoms with Crippen LogP contribution in [-0.4, -0.2) is 34.3 Å². The van der Waals surface area contributed by atoms with E-state index in [2.05, 4.69) is 0 Å². The summed E-state index contributed by atoms with van der Waals surface area (Å²) in [6.45, 7) is 1.31. The van der Waals surface area contributed by atoms with Gasteiger partial charge in [0.25, 0.3) is 5.56 Å². The number of hydrogen-bond acceptors (Lipinski definition) is 5. The molecule has 0 radical (unpaired) electrons. The van der Waals surface area contributed by atoms with Gasteiger partial charge in [-0.2, -0.15) is 0 Å². The van der Waals surface area contributed by atoms with E-state index >= 15 is 0 Å². The van der Waals surface area contributed by atoms with E-state index in [9.17, 15) is 24.3 Å². The van der Waals surface area contributed by atoms with Crippen molar-refractivity contribution in [1.29, 1.82) is 0 Å². The molecule has 0 unspecified atom stereocenters. The van der Waals surface area contributed by atoms with Crippen LogP contribution in [0.5, 0.6) is 5.75 Å². The van der Waals surface area contributed by atoms with Crippen molar-refractivity contribution >= 4 is 29.1 Å². The van der Waals surface area contributed by atoms with Gasteiger partial charge in [0.15, 0.2) is 11.6 Å². The monoisotopic (exact) mass is 550 g/mol. The van der Waals surface area contributed by atoms with Crippen LogP contribution in [0.4, 0.5) is 0 Å². The van der Waals surface area contributed by atoms with E-state index in [-0.39, 0.29) is 44.4 Å². The fraction of sp³-hybridized carbons (Fsp3) is 0.161. The Hall–Kier alpha value is -4.49. The Morgan fingerprint density at radius 1 is 1.03 bits per heavy atom. The normalized spacial score (nSPS) is 14.5. The van der Waals surface area contributed by atoms with Gasteiger partial charge in [0.2, 0.25) is 0 Å². The van der Waals surface area contributed by atoms with Crippen molar-refractivity contribution in [2.75, 3.05) is 7.11 Å². The van der Waals surface area contributed by atoms with Crippen molar-refractivity contribution in [1.82, 2.24) is 4.57 Å². The molecule has 7 nitrogen and oxygen atoms in total. The number of rotatable bonds is 10. The predicted octanol–water partition coefficient (Wildman–Crippen LogP) is 5.67. The highest BCUT2D eigenvalue weighted by atomic mass is 35.5. The predicted molar refractivity (Wildman–Crippen MR) is 149 cm³/mol. The molecule has 1 heterocycles. The molecule has 39 heavy (non-hydrogen) atoms. The fourth-order valence-corrected chi connectivity index (χ4v) is 4.15. The number of carbonyl (C=O) groups is 3. The number of ketones is 2. The lowest BCUT2D eigenvalue weighted by atomic mass is 9.95. The van der Waals surface area contributed by atoms with Crippen LogP contribution in [-0.2, 0) is 17.6 Å². The summed E-state index contributed by atoms with van der Waals surface area (Å²) in [6.07, 6.45) is -2.56. The quantitative estimate of drug-likeness (QED) is 0.255. The average Bonchev–Trinajstić information content (AvgIpc) is 2.99. The molecule has 198 valence electrons. The Balaban J connectivity index is 1.99. The van der Waals surface area contributed by atoms with E-state index in [1.807, 2.05) is 0 Å². The number of carbonyl (C=O) groups excluding carboxylic acids is 2. The van der Waals surface area contributed by atoms with Crippen LogP contribution in [0, 0.1) is 0 Å².